The van der Waals surface area contributed by atoms with Crippen molar-refractivity contribution >= 4 is 0 Å². The topological polar surface area (TPSA) is 24.1 Å². The van der Waals surface area contributed by atoms with Crippen molar-refractivity contribution in [1.29, 1.82) is 0 Å². The Balaban J connectivity index is 1.93. The summed E-state index contributed by atoms with van der Waals surface area (Å²) < 4.78 is 0. The maximum atomic E-state index is 3.32. The van der Waals surface area contributed by atoms with Crippen LogP contribution in [-0.2, 0) is 0 Å². The summed E-state index contributed by atoms with van der Waals surface area (Å²) in [4.78, 5) is 0. The fourth-order valence-corrected chi connectivity index (χ4v) is 1.63. The molecule has 1 radical (unpaired) electrons. The molecular weight excluding hydrogens is 112 g/mol. The second-order valence-electron chi connectivity index (χ2n) is 3.22. The van der Waals surface area contributed by atoms with E-state index < -0.39 is 0 Å². The van der Waals surface area contributed by atoms with E-state index in [1.807, 2.05) is 0 Å². The minimum Gasteiger partial charge on any atom is -0.316 e. The molecule has 2 nitrogen and oxygen atoms in total. The molecule has 0 aromatic heterocycles. The molecule has 0 aromatic carbocycles. The Morgan fingerprint density at radius 1 is 1.33 bits per heavy atom. The Hall–Kier alpha value is -0.0800. The van der Waals surface area contributed by atoms with Gasteiger partial charge in [0.25, 0.3) is 0 Å². The van der Waals surface area contributed by atoms with Crippen molar-refractivity contribution in [3.63, 3.8) is 0 Å². The van der Waals surface area contributed by atoms with Gasteiger partial charge in [-0.3, -0.25) is 0 Å². The Bertz CT molecular complexity index is 99.5. The van der Waals surface area contributed by atoms with Gasteiger partial charge < -0.3 is 10.6 Å². The van der Waals surface area contributed by atoms with Crippen LogP contribution in [0.4, 0.5) is 0 Å². The summed E-state index contributed by atoms with van der Waals surface area (Å²) in [5.41, 5.74) is 0.672. The Morgan fingerprint density at radius 3 is 2.56 bits per heavy atom. The Morgan fingerprint density at radius 2 is 2.22 bits per heavy atom. The molecule has 2 heteroatoms. The average Bonchev–Trinajstić information content (AvgIpc) is 1.87. The maximum absolute atomic E-state index is 3.32. The average molecular weight is 125 g/mol. The van der Waals surface area contributed by atoms with Gasteiger partial charge in [0.2, 0.25) is 0 Å². The van der Waals surface area contributed by atoms with Crippen LogP contribution in [0, 0.1) is 12.0 Å². The van der Waals surface area contributed by atoms with Crippen molar-refractivity contribution < 1.29 is 0 Å². The Kier molecular flexibility index (Phi) is 1.24. The van der Waals surface area contributed by atoms with Gasteiger partial charge in [-0.05, 0) is 24.8 Å². The molecule has 2 heterocycles. The quantitative estimate of drug-likeness (QED) is 0.480. The zero-order valence-electron chi connectivity index (χ0n) is 5.61. The lowest BCUT2D eigenvalue weighted by molar-refractivity contribution is 0.131. The number of piperidine rings is 1. The molecular formula is C7H13N2. The highest BCUT2D eigenvalue weighted by Crippen LogP contribution is 2.33. The monoisotopic (exact) mass is 125 g/mol. The van der Waals surface area contributed by atoms with Crippen LogP contribution in [0.25, 0.3) is 0 Å². The van der Waals surface area contributed by atoms with Crippen molar-refractivity contribution in [2.45, 2.75) is 12.8 Å². The van der Waals surface area contributed by atoms with E-state index in [-0.39, 0.29) is 0 Å². The number of rotatable bonds is 0. The molecule has 0 aromatic rings. The summed E-state index contributed by atoms with van der Waals surface area (Å²) in [5, 5.41) is 6.58. The Labute approximate surface area is 56.0 Å². The molecule has 51 valence electrons. The van der Waals surface area contributed by atoms with Crippen LogP contribution in [0.15, 0.2) is 0 Å². The fraction of sp³-hybridized carbons (Fsp3) is 0.857. The van der Waals surface area contributed by atoms with Gasteiger partial charge in [-0.15, -0.1) is 0 Å². The van der Waals surface area contributed by atoms with Crippen molar-refractivity contribution in [1.82, 2.24) is 10.6 Å². The third-order valence-corrected chi connectivity index (χ3v) is 2.48. The largest absolute Gasteiger partial charge is 0.316 e. The number of hydrogen-bond donors (Lipinski definition) is 2. The summed E-state index contributed by atoms with van der Waals surface area (Å²) in [6.07, 6.45) is 2.62. The molecule has 2 saturated heterocycles. The van der Waals surface area contributed by atoms with Crippen LogP contribution in [-0.4, -0.2) is 19.6 Å². The van der Waals surface area contributed by atoms with E-state index >= 15 is 0 Å². The molecule has 2 aliphatic rings. The second-order valence-corrected chi connectivity index (χ2v) is 3.22. The second kappa shape index (κ2) is 1.96. The van der Waals surface area contributed by atoms with Gasteiger partial charge >= 0.3 is 0 Å². The third-order valence-electron chi connectivity index (χ3n) is 2.48. The van der Waals surface area contributed by atoms with Gasteiger partial charge in [0.15, 0.2) is 0 Å². The molecule has 0 aliphatic carbocycles. The highest BCUT2D eigenvalue weighted by molar-refractivity contribution is 4.98. The van der Waals surface area contributed by atoms with E-state index in [4.69, 9.17) is 0 Å². The SMILES string of the molecule is [CH]1CC2(CCN1)CNC2. The molecule has 2 N–H and O–H groups in total. The molecule has 0 atom stereocenters. The highest BCUT2D eigenvalue weighted by Gasteiger charge is 2.37. The van der Waals surface area contributed by atoms with Crippen LogP contribution >= 0.6 is 0 Å². The van der Waals surface area contributed by atoms with E-state index in [0.29, 0.717) is 5.41 Å². The van der Waals surface area contributed by atoms with Crippen LogP contribution in [0.2, 0.25) is 0 Å². The van der Waals surface area contributed by atoms with Crippen LogP contribution in [0.3, 0.4) is 0 Å². The molecule has 2 fully saturated rings. The van der Waals surface area contributed by atoms with E-state index in [2.05, 4.69) is 17.2 Å². The van der Waals surface area contributed by atoms with Gasteiger partial charge in [0, 0.05) is 19.6 Å². The van der Waals surface area contributed by atoms with E-state index in [9.17, 15) is 0 Å². The summed E-state index contributed by atoms with van der Waals surface area (Å²) in [6.45, 7) is 5.88. The first-order chi connectivity index (χ1) is 4.41. The molecule has 0 amide bonds. The van der Waals surface area contributed by atoms with E-state index in [1.165, 1.54) is 32.5 Å². The molecule has 2 rings (SSSR count). The molecule has 1 spiro atoms. The molecule has 2 aliphatic heterocycles. The predicted molar refractivity (Wildman–Crippen MR) is 36.8 cm³/mol. The summed E-state index contributed by atoms with van der Waals surface area (Å²) in [5.74, 6) is 0. The summed E-state index contributed by atoms with van der Waals surface area (Å²) in [7, 11) is 0. The third kappa shape index (κ3) is 0.864. The number of nitrogens with one attached hydrogen (secondary N) is 2. The standard InChI is InChI=1S/C7H13N2/c1-3-8-4-2-7(1)5-9-6-7/h3,8-9H,1-2,4-6H2. The van der Waals surface area contributed by atoms with Crippen molar-refractivity contribution in [2.75, 3.05) is 19.6 Å². The van der Waals surface area contributed by atoms with Gasteiger partial charge in [-0.25, -0.2) is 0 Å². The molecule has 0 saturated carbocycles. The van der Waals surface area contributed by atoms with Crippen LogP contribution in [0.5, 0.6) is 0 Å². The first-order valence-corrected chi connectivity index (χ1v) is 3.67. The van der Waals surface area contributed by atoms with Crippen LogP contribution < -0.4 is 10.6 Å². The normalized spacial score (nSPS) is 32.0. The summed E-state index contributed by atoms with van der Waals surface area (Å²) >= 11 is 0. The number of hydrogen-bond acceptors (Lipinski definition) is 2. The molecule has 9 heavy (non-hydrogen) atoms. The minimum absolute atomic E-state index is 0.672. The lowest BCUT2D eigenvalue weighted by atomic mass is 9.74. The van der Waals surface area contributed by atoms with Crippen LogP contribution in [0.1, 0.15) is 12.8 Å². The van der Waals surface area contributed by atoms with Gasteiger partial charge in [0.05, 0.1) is 0 Å². The highest BCUT2D eigenvalue weighted by atomic mass is 15.0. The van der Waals surface area contributed by atoms with E-state index in [0.717, 1.165) is 0 Å². The van der Waals surface area contributed by atoms with Crippen molar-refractivity contribution in [2.24, 2.45) is 5.41 Å². The predicted octanol–water partition coefficient (Wildman–Crippen LogP) is 0.121. The minimum atomic E-state index is 0.672. The van der Waals surface area contributed by atoms with Gasteiger partial charge in [-0.1, -0.05) is 0 Å². The molecule has 0 bridgehead atoms. The first-order valence-electron chi connectivity index (χ1n) is 3.67. The maximum Gasteiger partial charge on any atom is 0.0227 e. The van der Waals surface area contributed by atoms with E-state index in [1.54, 1.807) is 0 Å². The summed E-state index contributed by atoms with van der Waals surface area (Å²) in [6, 6.07) is 0. The lowest BCUT2D eigenvalue weighted by Gasteiger charge is -2.45. The van der Waals surface area contributed by atoms with Gasteiger partial charge in [-0.2, -0.15) is 0 Å². The zero-order chi connectivity index (χ0) is 6.16. The molecule has 0 unspecified atom stereocenters. The first kappa shape index (κ1) is 5.69. The zero-order valence-corrected chi connectivity index (χ0v) is 5.61. The lowest BCUT2D eigenvalue weighted by Crippen LogP contribution is -2.56. The van der Waals surface area contributed by atoms with Crippen molar-refractivity contribution in [3.05, 3.63) is 6.54 Å². The van der Waals surface area contributed by atoms with Crippen molar-refractivity contribution in [3.8, 4) is 0 Å². The smallest absolute Gasteiger partial charge is 0.0227 e. The fourth-order valence-electron chi connectivity index (χ4n) is 1.63. The van der Waals surface area contributed by atoms with Gasteiger partial charge in [0.1, 0.15) is 0 Å².